The number of halogens is 1. The summed E-state index contributed by atoms with van der Waals surface area (Å²) in [6.07, 6.45) is 1.46. The molecular formula is C20H34IN5O2. The van der Waals surface area contributed by atoms with Crippen LogP contribution in [0.15, 0.2) is 35.3 Å². The van der Waals surface area contributed by atoms with Crippen molar-refractivity contribution in [2.24, 2.45) is 10.7 Å². The third-order valence-corrected chi connectivity index (χ3v) is 4.93. The number of aliphatic imine (C=N–C) groups is 1. The van der Waals surface area contributed by atoms with E-state index in [1.807, 2.05) is 13.0 Å². The Morgan fingerprint density at radius 1 is 1.36 bits per heavy atom. The number of likely N-dealkylation sites (N-methyl/N-ethyl adjacent to an activating group) is 1. The van der Waals surface area contributed by atoms with E-state index in [9.17, 15) is 4.79 Å². The summed E-state index contributed by atoms with van der Waals surface area (Å²) in [6.45, 7) is 7.27. The highest BCUT2D eigenvalue weighted by atomic mass is 127. The highest BCUT2D eigenvalue weighted by Gasteiger charge is 2.23. The minimum Gasteiger partial charge on any atom is -0.450 e. The maximum atomic E-state index is 11.7. The summed E-state index contributed by atoms with van der Waals surface area (Å²) in [6, 6.07) is 10.9. The number of rotatable bonds is 7. The molecule has 0 saturated carbocycles. The van der Waals surface area contributed by atoms with Crippen molar-refractivity contribution in [2.45, 2.75) is 45.3 Å². The number of piperidine rings is 1. The van der Waals surface area contributed by atoms with Crippen molar-refractivity contribution in [3.8, 4) is 0 Å². The summed E-state index contributed by atoms with van der Waals surface area (Å²) in [4.78, 5) is 20.2. The van der Waals surface area contributed by atoms with Gasteiger partial charge in [0.1, 0.15) is 0 Å². The Hall–Kier alpha value is -1.55. The average molecular weight is 503 g/mol. The summed E-state index contributed by atoms with van der Waals surface area (Å²) in [5.74, 6) is 0.476. The normalized spacial score (nSPS) is 16.4. The number of nitrogens with one attached hydrogen (secondary N) is 1. The van der Waals surface area contributed by atoms with Crippen LogP contribution in [-0.4, -0.2) is 67.2 Å². The monoisotopic (exact) mass is 503 g/mol. The van der Waals surface area contributed by atoms with Gasteiger partial charge in [-0.3, -0.25) is 9.89 Å². The first kappa shape index (κ1) is 24.5. The summed E-state index contributed by atoms with van der Waals surface area (Å²) < 4.78 is 5.04. The molecule has 1 heterocycles. The molecule has 1 aliphatic rings. The van der Waals surface area contributed by atoms with Gasteiger partial charge in [-0.2, -0.15) is 0 Å². The molecule has 0 aromatic heterocycles. The summed E-state index contributed by atoms with van der Waals surface area (Å²) >= 11 is 0. The van der Waals surface area contributed by atoms with Gasteiger partial charge >= 0.3 is 6.09 Å². The lowest BCUT2D eigenvalue weighted by Crippen LogP contribution is -2.48. The number of hydrogen-bond donors (Lipinski definition) is 2. The van der Waals surface area contributed by atoms with Gasteiger partial charge in [0, 0.05) is 31.7 Å². The van der Waals surface area contributed by atoms with Crippen LogP contribution in [0.3, 0.4) is 0 Å². The molecule has 28 heavy (non-hydrogen) atoms. The van der Waals surface area contributed by atoms with Crippen molar-refractivity contribution in [3.63, 3.8) is 0 Å². The third kappa shape index (κ3) is 8.22. The number of carbonyl (C=O) groups is 1. The van der Waals surface area contributed by atoms with Crippen LogP contribution in [0.5, 0.6) is 0 Å². The largest absolute Gasteiger partial charge is 0.450 e. The second-order valence-electron chi connectivity index (χ2n) is 7.08. The Bertz CT molecular complexity index is 606. The first-order valence-corrected chi connectivity index (χ1v) is 9.72. The van der Waals surface area contributed by atoms with E-state index < -0.39 is 0 Å². The van der Waals surface area contributed by atoms with E-state index in [4.69, 9.17) is 10.5 Å². The Morgan fingerprint density at radius 2 is 2.00 bits per heavy atom. The van der Waals surface area contributed by atoms with E-state index in [2.05, 4.69) is 53.4 Å². The lowest BCUT2D eigenvalue weighted by molar-refractivity contribution is 0.0963. The lowest BCUT2D eigenvalue weighted by atomic mass is 10.1. The number of nitrogens with two attached hydrogens (primary N) is 1. The molecule has 7 nitrogen and oxygen atoms in total. The SMILES string of the molecule is CCOC(=O)N1CCC(NC(N)=NCC(C)N(C)Cc2ccccc2)CC1.I. The number of hydrogen-bond acceptors (Lipinski definition) is 4. The van der Waals surface area contributed by atoms with Crippen molar-refractivity contribution in [1.29, 1.82) is 0 Å². The summed E-state index contributed by atoms with van der Waals surface area (Å²) in [5.41, 5.74) is 7.35. The second-order valence-corrected chi connectivity index (χ2v) is 7.08. The zero-order valence-electron chi connectivity index (χ0n) is 17.1. The van der Waals surface area contributed by atoms with Crippen molar-refractivity contribution >= 4 is 36.0 Å². The molecule has 158 valence electrons. The molecule has 1 saturated heterocycles. The van der Waals surface area contributed by atoms with E-state index in [0.29, 0.717) is 32.2 Å². The van der Waals surface area contributed by atoms with Crippen LogP contribution in [0.2, 0.25) is 0 Å². The maximum Gasteiger partial charge on any atom is 0.409 e. The molecule has 1 aromatic carbocycles. The number of ether oxygens (including phenoxy) is 1. The molecule has 0 spiro atoms. The minimum atomic E-state index is -0.229. The van der Waals surface area contributed by atoms with Crippen molar-refractivity contribution in [2.75, 3.05) is 33.3 Å². The Kier molecular flexibility index (Phi) is 11.2. The van der Waals surface area contributed by atoms with Gasteiger partial charge in [-0.25, -0.2) is 4.79 Å². The fourth-order valence-corrected chi connectivity index (χ4v) is 3.07. The molecule has 3 N–H and O–H groups in total. The molecule has 1 unspecified atom stereocenters. The number of amides is 1. The molecule has 1 aliphatic heterocycles. The molecule has 1 aromatic rings. The Labute approximate surface area is 185 Å². The smallest absolute Gasteiger partial charge is 0.409 e. The molecule has 0 radical (unpaired) electrons. The first-order valence-electron chi connectivity index (χ1n) is 9.72. The highest BCUT2D eigenvalue weighted by molar-refractivity contribution is 14.0. The summed E-state index contributed by atoms with van der Waals surface area (Å²) in [5, 5.41) is 3.28. The number of benzene rings is 1. The molecule has 0 bridgehead atoms. The third-order valence-electron chi connectivity index (χ3n) is 4.93. The van der Waals surface area contributed by atoms with Gasteiger partial charge in [-0.05, 0) is 39.3 Å². The molecule has 1 atom stereocenters. The van der Waals surface area contributed by atoms with Crippen LogP contribution in [0.1, 0.15) is 32.3 Å². The highest BCUT2D eigenvalue weighted by Crippen LogP contribution is 2.11. The van der Waals surface area contributed by atoms with Crippen LogP contribution in [0, 0.1) is 0 Å². The quantitative estimate of drug-likeness (QED) is 0.340. The van der Waals surface area contributed by atoms with E-state index in [1.54, 1.807) is 4.90 Å². The molecule has 1 fully saturated rings. The van der Waals surface area contributed by atoms with E-state index >= 15 is 0 Å². The Morgan fingerprint density at radius 3 is 2.61 bits per heavy atom. The molecule has 0 aliphatic carbocycles. The van der Waals surface area contributed by atoms with Gasteiger partial charge in [-0.1, -0.05) is 30.3 Å². The maximum absolute atomic E-state index is 11.7. The zero-order valence-corrected chi connectivity index (χ0v) is 19.5. The van der Waals surface area contributed by atoms with Crippen molar-refractivity contribution < 1.29 is 9.53 Å². The topological polar surface area (TPSA) is 83.2 Å². The van der Waals surface area contributed by atoms with Gasteiger partial charge in [-0.15, -0.1) is 24.0 Å². The fraction of sp³-hybridized carbons (Fsp3) is 0.600. The minimum absolute atomic E-state index is 0. The first-order chi connectivity index (χ1) is 13.0. The average Bonchev–Trinajstić information content (AvgIpc) is 2.67. The standard InChI is InChI=1S/C20H33N5O2.HI/c1-4-27-20(26)25-12-10-18(11-13-25)23-19(21)22-14-16(2)24(3)15-17-8-6-5-7-9-17;/h5-9,16,18H,4,10-15H2,1-3H3,(H3,21,22,23);1H. The van der Waals surface area contributed by atoms with Gasteiger partial charge in [0.05, 0.1) is 13.2 Å². The van der Waals surface area contributed by atoms with Crippen LogP contribution in [-0.2, 0) is 11.3 Å². The number of nitrogens with zero attached hydrogens (tertiary/aromatic N) is 3. The number of likely N-dealkylation sites (tertiary alicyclic amines) is 1. The van der Waals surface area contributed by atoms with E-state index in [-0.39, 0.29) is 42.2 Å². The fourth-order valence-electron chi connectivity index (χ4n) is 3.07. The van der Waals surface area contributed by atoms with Crippen LogP contribution in [0.4, 0.5) is 4.79 Å². The van der Waals surface area contributed by atoms with Gasteiger partial charge in [0.25, 0.3) is 0 Å². The van der Waals surface area contributed by atoms with Crippen molar-refractivity contribution in [3.05, 3.63) is 35.9 Å². The molecule has 8 heteroatoms. The number of carbonyl (C=O) groups excluding carboxylic acids is 1. The van der Waals surface area contributed by atoms with Gasteiger partial charge in [0.15, 0.2) is 5.96 Å². The molecule has 1 amide bonds. The molecule has 2 rings (SSSR count). The Balaban J connectivity index is 0.00000392. The number of guanidine groups is 1. The molecular weight excluding hydrogens is 469 g/mol. The van der Waals surface area contributed by atoms with Gasteiger partial charge in [0.2, 0.25) is 0 Å². The zero-order chi connectivity index (χ0) is 19.6. The summed E-state index contributed by atoms with van der Waals surface area (Å²) in [7, 11) is 2.10. The van der Waals surface area contributed by atoms with Crippen LogP contribution in [0.25, 0.3) is 0 Å². The second kappa shape index (κ2) is 12.8. The predicted octanol–water partition coefficient (Wildman–Crippen LogP) is 2.65. The van der Waals surface area contributed by atoms with E-state index in [1.165, 1.54) is 5.56 Å². The van der Waals surface area contributed by atoms with Crippen LogP contribution >= 0.6 is 24.0 Å². The lowest BCUT2D eigenvalue weighted by Gasteiger charge is -2.32. The predicted molar refractivity (Wildman–Crippen MR) is 124 cm³/mol. The van der Waals surface area contributed by atoms with Crippen LogP contribution < -0.4 is 11.1 Å². The van der Waals surface area contributed by atoms with Crippen molar-refractivity contribution in [1.82, 2.24) is 15.1 Å². The van der Waals surface area contributed by atoms with Gasteiger partial charge < -0.3 is 20.7 Å². The van der Waals surface area contributed by atoms with E-state index in [0.717, 1.165) is 19.4 Å².